The van der Waals surface area contributed by atoms with Gasteiger partial charge in [-0.25, -0.2) is 9.59 Å². The lowest BCUT2D eigenvalue weighted by Gasteiger charge is -2.12. The molecule has 5 rings (SSSR count). The van der Waals surface area contributed by atoms with E-state index in [1.807, 2.05) is 42.5 Å². The molecular formula is C44H54O7S. The summed E-state index contributed by atoms with van der Waals surface area (Å²) < 4.78 is 29.8. The standard InChI is InChI=1S/C44H54O7S/c1-4-6-8-10-12-13-15-16-28-47-32(3)43(45)50-37-26-27-38-39(30-37)51-40-31-41(52-42(38)40)44(46)49-36-24-20-34(21-25-36)33-18-22-35(23-19-33)48-29-17-14-11-9-7-5-2/h18-27,30-32H,4-17,28-29H2,1-3H3. The highest BCUT2D eigenvalue weighted by atomic mass is 32.1. The normalized spacial score (nSPS) is 12.0. The van der Waals surface area contributed by atoms with Gasteiger partial charge in [0.15, 0.2) is 6.10 Å². The van der Waals surface area contributed by atoms with Crippen LogP contribution in [0.5, 0.6) is 17.2 Å². The molecule has 0 bridgehead atoms. The number of hydrogen-bond acceptors (Lipinski definition) is 8. The van der Waals surface area contributed by atoms with Gasteiger partial charge in [0, 0.05) is 24.1 Å². The van der Waals surface area contributed by atoms with Gasteiger partial charge in [-0.05, 0) is 67.3 Å². The molecule has 3 aromatic carbocycles. The Morgan fingerprint density at radius 1 is 0.615 bits per heavy atom. The molecule has 7 nitrogen and oxygen atoms in total. The Bertz CT molecular complexity index is 1820. The molecule has 0 saturated carbocycles. The van der Waals surface area contributed by atoms with Gasteiger partial charge < -0.3 is 23.4 Å². The number of esters is 2. The van der Waals surface area contributed by atoms with Gasteiger partial charge in [0.05, 0.1) is 11.3 Å². The Labute approximate surface area is 312 Å². The lowest BCUT2D eigenvalue weighted by molar-refractivity contribution is -0.146. The predicted molar refractivity (Wildman–Crippen MR) is 211 cm³/mol. The number of carbonyl (C=O) groups excluding carboxylic acids is 2. The van der Waals surface area contributed by atoms with Crippen LogP contribution in [-0.4, -0.2) is 31.3 Å². The van der Waals surface area contributed by atoms with Crippen LogP contribution in [0.2, 0.25) is 0 Å². The first-order valence-electron chi connectivity index (χ1n) is 19.3. The van der Waals surface area contributed by atoms with Crippen LogP contribution in [0.4, 0.5) is 0 Å². The monoisotopic (exact) mass is 726 g/mol. The van der Waals surface area contributed by atoms with Crippen molar-refractivity contribution in [2.45, 2.75) is 117 Å². The van der Waals surface area contributed by atoms with Gasteiger partial charge in [-0.3, -0.25) is 0 Å². The summed E-state index contributed by atoms with van der Waals surface area (Å²) in [5.74, 6) is 0.839. The number of rotatable bonds is 23. The van der Waals surface area contributed by atoms with Crippen LogP contribution >= 0.6 is 11.3 Å². The molecule has 0 fully saturated rings. The van der Waals surface area contributed by atoms with Crippen molar-refractivity contribution in [3.63, 3.8) is 0 Å². The molecule has 1 atom stereocenters. The van der Waals surface area contributed by atoms with E-state index in [0.29, 0.717) is 34.1 Å². The van der Waals surface area contributed by atoms with Gasteiger partial charge in [-0.1, -0.05) is 115 Å². The molecule has 0 radical (unpaired) electrons. The summed E-state index contributed by atoms with van der Waals surface area (Å²) in [6, 6.07) is 22.5. The molecular weight excluding hydrogens is 673 g/mol. The molecule has 0 N–H and O–H groups in total. The zero-order chi connectivity index (χ0) is 36.5. The number of thiophene rings is 1. The topological polar surface area (TPSA) is 84.2 Å². The van der Waals surface area contributed by atoms with E-state index in [1.165, 1.54) is 82.0 Å². The van der Waals surface area contributed by atoms with Gasteiger partial charge in [0.2, 0.25) is 0 Å². The molecule has 0 amide bonds. The predicted octanol–water partition coefficient (Wildman–Crippen LogP) is 12.7. The zero-order valence-electron chi connectivity index (χ0n) is 31.1. The van der Waals surface area contributed by atoms with Gasteiger partial charge >= 0.3 is 11.9 Å². The minimum Gasteiger partial charge on any atom is -0.494 e. The molecule has 278 valence electrons. The maximum Gasteiger partial charge on any atom is 0.353 e. The fourth-order valence-electron chi connectivity index (χ4n) is 6.15. The first-order valence-corrected chi connectivity index (χ1v) is 20.1. The molecule has 0 aliphatic heterocycles. The highest BCUT2D eigenvalue weighted by Crippen LogP contribution is 2.37. The van der Waals surface area contributed by atoms with Crippen molar-refractivity contribution >= 4 is 44.5 Å². The molecule has 0 aliphatic carbocycles. The first-order chi connectivity index (χ1) is 25.4. The van der Waals surface area contributed by atoms with Crippen molar-refractivity contribution in [3.8, 4) is 28.4 Å². The van der Waals surface area contributed by atoms with Gasteiger partial charge in [0.1, 0.15) is 33.3 Å². The van der Waals surface area contributed by atoms with E-state index in [2.05, 4.69) is 13.8 Å². The molecule has 0 spiro atoms. The summed E-state index contributed by atoms with van der Waals surface area (Å²) in [7, 11) is 0. The average Bonchev–Trinajstić information content (AvgIpc) is 3.72. The Hall–Kier alpha value is -4.14. The number of fused-ring (bicyclic) bond motifs is 3. The molecule has 2 aromatic heterocycles. The second-order valence-corrected chi connectivity index (χ2v) is 14.6. The third-order valence-electron chi connectivity index (χ3n) is 9.25. The second-order valence-electron chi connectivity index (χ2n) is 13.5. The Balaban J connectivity index is 1.07. The largest absolute Gasteiger partial charge is 0.494 e. The molecule has 5 aromatic rings. The third kappa shape index (κ3) is 11.7. The second kappa shape index (κ2) is 20.8. The van der Waals surface area contributed by atoms with E-state index in [0.717, 1.165) is 52.8 Å². The number of unbranched alkanes of at least 4 members (excludes halogenated alkanes) is 12. The molecule has 0 saturated heterocycles. The smallest absolute Gasteiger partial charge is 0.353 e. The van der Waals surface area contributed by atoms with Crippen molar-refractivity contribution in [2.24, 2.45) is 0 Å². The summed E-state index contributed by atoms with van der Waals surface area (Å²) in [6.07, 6.45) is 16.5. The van der Waals surface area contributed by atoms with Crippen LogP contribution in [-0.2, 0) is 9.53 Å². The lowest BCUT2D eigenvalue weighted by Crippen LogP contribution is -2.26. The van der Waals surface area contributed by atoms with Crippen LogP contribution in [0, 0.1) is 0 Å². The molecule has 1 unspecified atom stereocenters. The van der Waals surface area contributed by atoms with Crippen LogP contribution in [0.3, 0.4) is 0 Å². The minimum absolute atomic E-state index is 0.386. The number of hydrogen-bond donors (Lipinski definition) is 0. The summed E-state index contributed by atoms with van der Waals surface area (Å²) >= 11 is 1.31. The molecule has 52 heavy (non-hydrogen) atoms. The summed E-state index contributed by atoms with van der Waals surface area (Å²) in [4.78, 5) is 26.1. The summed E-state index contributed by atoms with van der Waals surface area (Å²) in [5.41, 5.74) is 3.23. The van der Waals surface area contributed by atoms with Crippen LogP contribution in [0.25, 0.3) is 32.4 Å². The van der Waals surface area contributed by atoms with Crippen molar-refractivity contribution < 1.29 is 33.0 Å². The van der Waals surface area contributed by atoms with E-state index in [-0.39, 0.29) is 0 Å². The number of carbonyl (C=O) groups is 2. The summed E-state index contributed by atoms with van der Waals surface area (Å²) in [6.45, 7) is 7.46. The van der Waals surface area contributed by atoms with Gasteiger partial charge in [0.25, 0.3) is 0 Å². The highest BCUT2D eigenvalue weighted by molar-refractivity contribution is 7.21. The maximum absolute atomic E-state index is 13.1. The van der Waals surface area contributed by atoms with Crippen LogP contribution < -0.4 is 14.2 Å². The van der Waals surface area contributed by atoms with Crippen LogP contribution in [0.15, 0.2) is 77.2 Å². The zero-order valence-corrected chi connectivity index (χ0v) is 31.9. The van der Waals surface area contributed by atoms with E-state index in [4.69, 9.17) is 23.4 Å². The van der Waals surface area contributed by atoms with E-state index in [1.54, 1.807) is 37.3 Å². The highest BCUT2D eigenvalue weighted by Gasteiger charge is 2.20. The minimum atomic E-state index is -0.656. The Morgan fingerprint density at radius 2 is 1.17 bits per heavy atom. The van der Waals surface area contributed by atoms with E-state index >= 15 is 0 Å². The van der Waals surface area contributed by atoms with Crippen molar-refractivity contribution in [1.29, 1.82) is 0 Å². The first kappa shape index (κ1) is 39.1. The molecule has 0 aliphatic rings. The maximum atomic E-state index is 13.1. The van der Waals surface area contributed by atoms with E-state index < -0.39 is 18.0 Å². The molecule has 2 heterocycles. The van der Waals surface area contributed by atoms with Crippen LogP contribution in [0.1, 0.15) is 120 Å². The number of ether oxygens (including phenoxy) is 4. The fourth-order valence-corrected chi connectivity index (χ4v) is 7.14. The lowest BCUT2D eigenvalue weighted by atomic mass is 10.1. The molecule has 8 heteroatoms. The Kier molecular flexibility index (Phi) is 15.6. The Morgan fingerprint density at radius 3 is 1.81 bits per heavy atom. The number of furan rings is 1. The summed E-state index contributed by atoms with van der Waals surface area (Å²) in [5, 5.41) is 0.834. The number of benzene rings is 3. The quantitative estimate of drug-likeness (QED) is 0.0376. The van der Waals surface area contributed by atoms with Crippen molar-refractivity contribution in [3.05, 3.63) is 77.7 Å². The van der Waals surface area contributed by atoms with Gasteiger partial charge in [-0.15, -0.1) is 11.3 Å². The third-order valence-corrected chi connectivity index (χ3v) is 10.4. The van der Waals surface area contributed by atoms with Gasteiger partial charge in [-0.2, -0.15) is 0 Å². The van der Waals surface area contributed by atoms with Crippen molar-refractivity contribution in [1.82, 2.24) is 0 Å². The SMILES string of the molecule is CCCCCCCCCCOC(C)C(=O)Oc1ccc2c(c1)oc1cc(C(=O)Oc3ccc(-c4ccc(OCCCCCCCC)cc4)cc3)sc12. The van der Waals surface area contributed by atoms with Crippen molar-refractivity contribution in [2.75, 3.05) is 13.2 Å². The average molecular weight is 727 g/mol. The fraction of sp³-hybridized carbons (Fsp3) is 0.455. The van der Waals surface area contributed by atoms with E-state index in [9.17, 15) is 9.59 Å².